The molecule has 1 aliphatic heterocycles. The van der Waals surface area contributed by atoms with E-state index in [0.717, 1.165) is 51.2 Å². The average molecular weight is 337 g/mol. The zero-order valence-electron chi connectivity index (χ0n) is 13.9. The van der Waals surface area contributed by atoms with Crippen molar-refractivity contribution in [3.05, 3.63) is 35.9 Å². The van der Waals surface area contributed by atoms with E-state index >= 15 is 0 Å². The fourth-order valence-corrected chi connectivity index (χ4v) is 5.00. The van der Waals surface area contributed by atoms with Crippen molar-refractivity contribution in [2.45, 2.75) is 31.2 Å². The largest absolute Gasteiger partial charge is 0.379 e. The van der Waals surface area contributed by atoms with Gasteiger partial charge in [-0.2, -0.15) is 0 Å². The molecular weight excluding hydrogens is 308 g/mol. The summed E-state index contributed by atoms with van der Waals surface area (Å²) in [7, 11) is 0. The van der Waals surface area contributed by atoms with Crippen molar-refractivity contribution in [3.8, 4) is 0 Å². The average Bonchev–Trinajstić information content (AvgIpc) is 3.18. The quantitative estimate of drug-likeness (QED) is 0.894. The highest BCUT2D eigenvalue weighted by atomic mass is 35.5. The second-order valence-electron chi connectivity index (χ2n) is 7.30. The number of hydrogen-bond donors (Lipinski definition) is 1. The first-order chi connectivity index (χ1) is 10.9. The molecule has 3 atom stereocenters. The summed E-state index contributed by atoms with van der Waals surface area (Å²) < 4.78 is 5.45. The molecule has 4 rings (SSSR count). The molecule has 0 amide bonds. The molecule has 3 aliphatic rings. The van der Waals surface area contributed by atoms with E-state index in [1.807, 2.05) is 0 Å². The summed E-state index contributed by atoms with van der Waals surface area (Å²) in [5, 5.41) is 4.01. The van der Waals surface area contributed by atoms with Crippen LogP contribution in [0.25, 0.3) is 0 Å². The Balaban J connectivity index is 0.00000156. The molecule has 2 aliphatic carbocycles. The molecule has 3 fully saturated rings. The number of fused-ring (bicyclic) bond motifs is 2. The van der Waals surface area contributed by atoms with Gasteiger partial charge in [0, 0.05) is 31.7 Å². The van der Waals surface area contributed by atoms with Crippen LogP contribution in [0, 0.1) is 11.8 Å². The number of rotatable bonds is 5. The van der Waals surface area contributed by atoms with Gasteiger partial charge in [-0.1, -0.05) is 36.8 Å². The van der Waals surface area contributed by atoms with Crippen LogP contribution in [0.15, 0.2) is 30.3 Å². The maximum absolute atomic E-state index is 5.45. The van der Waals surface area contributed by atoms with Crippen LogP contribution in [0.1, 0.15) is 31.2 Å². The Bertz CT molecular complexity index is 491. The number of benzene rings is 1. The van der Waals surface area contributed by atoms with Gasteiger partial charge in [0.15, 0.2) is 0 Å². The van der Waals surface area contributed by atoms with Crippen molar-refractivity contribution in [1.82, 2.24) is 10.2 Å². The van der Waals surface area contributed by atoms with E-state index in [1.165, 1.54) is 31.2 Å². The SMILES string of the molecule is Cl.c1ccc([C@]2(NCCN3CCOCC3)C[C@H]3CC[C@@H]2C3)cc1. The van der Waals surface area contributed by atoms with Gasteiger partial charge in [0.05, 0.1) is 13.2 Å². The van der Waals surface area contributed by atoms with Gasteiger partial charge in [0.25, 0.3) is 0 Å². The van der Waals surface area contributed by atoms with Crippen LogP contribution in [0.2, 0.25) is 0 Å². The van der Waals surface area contributed by atoms with Crippen molar-refractivity contribution < 1.29 is 4.74 Å². The minimum Gasteiger partial charge on any atom is -0.379 e. The molecule has 128 valence electrons. The maximum Gasteiger partial charge on any atom is 0.0594 e. The van der Waals surface area contributed by atoms with E-state index in [2.05, 4.69) is 40.5 Å². The lowest BCUT2D eigenvalue weighted by Gasteiger charge is -2.40. The molecule has 0 unspecified atom stereocenters. The van der Waals surface area contributed by atoms with Gasteiger partial charge in [0.2, 0.25) is 0 Å². The van der Waals surface area contributed by atoms with Gasteiger partial charge in [-0.05, 0) is 36.7 Å². The summed E-state index contributed by atoms with van der Waals surface area (Å²) in [6.07, 6.45) is 5.62. The Hall–Kier alpha value is -0.610. The third-order valence-electron chi connectivity index (χ3n) is 6.11. The number of hydrogen-bond acceptors (Lipinski definition) is 3. The molecule has 1 aromatic carbocycles. The van der Waals surface area contributed by atoms with Crippen molar-refractivity contribution in [1.29, 1.82) is 0 Å². The van der Waals surface area contributed by atoms with Crippen LogP contribution >= 0.6 is 12.4 Å². The normalized spacial score (nSPS) is 33.6. The highest BCUT2D eigenvalue weighted by molar-refractivity contribution is 5.85. The summed E-state index contributed by atoms with van der Waals surface area (Å²) in [5.74, 6) is 1.78. The first-order valence-corrected chi connectivity index (χ1v) is 8.97. The van der Waals surface area contributed by atoms with Crippen LogP contribution < -0.4 is 5.32 Å². The van der Waals surface area contributed by atoms with Crippen molar-refractivity contribution in [3.63, 3.8) is 0 Å². The minimum absolute atomic E-state index is 0. The maximum atomic E-state index is 5.45. The summed E-state index contributed by atoms with van der Waals surface area (Å²) in [5.41, 5.74) is 1.76. The number of morpholine rings is 1. The van der Waals surface area contributed by atoms with Crippen LogP contribution in [-0.2, 0) is 10.3 Å². The molecule has 2 bridgehead atoms. The topological polar surface area (TPSA) is 24.5 Å². The lowest BCUT2D eigenvalue weighted by molar-refractivity contribution is 0.0365. The number of ether oxygens (including phenoxy) is 1. The van der Waals surface area contributed by atoms with Crippen LogP contribution in [-0.4, -0.2) is 44.3 Å². The van der Waals surface area contributed by atoms with Crippen LogP contribution in [0.5, 0.6) is 0 Å². The second kappa shape index (κ2) is 7.52. The van der Waals surface area contributed by atoms with Crippen LogP contribution in [0.3, 0.4) is 0 Å². The van der Waals surface area contributed by atoms with E-state index < -0.39 is 0 Å². The third-order valence-corrected chi connectivity index (χ3v) is 6.11. The predicted octanol–water partition coefficient (Wildman–Crippen LogP) is 3.05. The van der Waals surface area contributed by atoms with Crippen molar-refractivity contribution in [2.24, 2.45) is 11.8 Å². The summed E-state index contributed by atoms with van der Waals surface area (Å²) >= 11 is 0. The van der Waals surface area contributed by atoms with Gasteiger partial charge in [-0.3, -0.25) is 4.90 Å². The lowest BCUT2D eigenvalue weighted by Crippen LogP contribution is -2.50. The van der Waals surface area contributed by atoms with E-state index in [1.54, 1.807) is 0 Å². The fourth-order valence-electron chi connectivity index (χ4n) is 5.00. The van der Waals surface area contributed by atoms with E-state index in [4.69, 9.17) is 4.74 Å². The summed E-state index contributed by atoms with van der Waals surface area (Å²) in [4.78, 5) is 2.53. The third kappa shape index (κ3) is 3.43. The molecule has 1 aromatic rings. The fraction of sp³-hybridized carbons (Fsp3) is 0.684. The molecule has 4 heteroatoms. The van der Waals surface area contributed by atoms with Gasteiger partial charge in [-0.25, -0.2) is 0 Å². The monoisotopic (exact) mass is 336 g/mol. The Kier molecular flexibility index (Phi) is 5.63. The molecule has 0 aromatic heterocycles. The predicted molar refractivity (Wildman–Crippen MR) is 96.1 cm³/mol. The Labute approximate surface area is 146 Å². The molecule has 23 heavy (non-hydrogen) atoms. The summed E-state index contributed by atoms with van der Waals surface area (Å²) in [6, 6.07) is 11.2. The number of nitrogens with zero attached hydrogens (tertiary/aromatic N) is 1. The molecule has 1 N–H and O–H groups in total. The van der Waals surface area contributed by atoms with E-state index in [9.17, 15) is 0 Å². The molecular formula is C19H29ClN2O. The lowest BCUT2D eigenvalue weighted by atomic mass is 9.75. The smallest absolute Gasteiger partial charge is 0.0594 e. The first kappa shape index (κ1) is 17.2. The highest BCUT2D eigenvalue weighted by Gasteiger charge is 2.51. The Morgan fingerprint density at radius 1 is 1.13 bits per heavy atom. The van der Waals surface area contributed by atoms with E-state index in [0.29, 0.717) is 0 Å². The molecule has 1 saturated heterocycles. The first-order valence-electron chi connectivity index (χ1n) is 8.97. The molecule has 1 heterocycles. The zero-order chi connectivity index (χ0) is 14.8. The van der Waals surface area contributed by atoms with Gasteiger partial charge < -0.3 is 10.1 Å². The van der Waals surface area contributed by atoms with E-state index in [-0.39, 0.29) is 17.9 Å². The van der Waals surface area contributed by atoms with Gasteiger partial charge in [0.1, 0.15) is 0 Å². The van der Waals surface area contributed by atoms with Crippen molar-refractivity contribution in [2.75, 3.05) is 39.4 Å². The Morgan fingerprint density at radius 2 is 1.91 bits per heavy atom. The minimum atomic E-state index is 0. The van der Waals surface area contributed by atoms with Crippen molar-refractivity contribution >= 4 is 12.4 Å². The molecule has 3 nitrogen and oxygen atoms in total. The second-order valence-corrected chi connectivity index (χ2v) is 7.30. The zero-order valence-corrected chi connectivity index (χ0v) is 14.7. The highest BCUT2D eigenvalue weighted by Crippen LogP contribution is 2.55. The van der Waals surface area contributed by atoms with Gasteiger partial charge in [-0.15, -0.1) is 12.4 Å². The summed E-state index contributed by atoms with van der Waals surface area (Å²) in [6.45, 7) is 6.22. The van der Waals surface area contributed by atoms with Crippen LogP contribution in [0.4, 0.5) is 0 Å². The molecule has 2 saturated carbocycles. The number of halogens is 1. The molecule has 0 spiro atoms. The van der Waals surface area contributed by atoms with Gasteiger partial charge >= 0.3 is 0 Å². The number of nitrogens with one attached hydrogen (secondary N) is 1. The standard InChI is InChI=1S/C19H28N2O.ClH/c1-2-4-17(5-3-1)19(15-16-6-7-18(19)14-16)20-8-9-21-10-12-22-13-11-21;/h1-5,16,18,20H,6-15H2;1H/t16-,18+,19+;/m0./s1. The molecule has 0 radical (unpaired) electrons. The Morgan fingerprint density at radius 3 is 2.57 bits per heavy atom.